The number of hydrogen-bond acceptors (Lipinski definition) is 6. The fourth-order valence-corrected chi connectivity index (χ4v) is 5.54. The van der Waals surface area contributed by atoms with E-state index in [0.29, 0.717) is 44.1 Å². The topological polar surface area (TPSA) is 99.8 Å². The summed E-state index contributed by atoms with van der Waals surface area (Å²) in [5.41, 5.74) is -0.614. The molecule has 0 bridgehead atoms. The quantitative estimate of drug-likeness (QED) is 0.729. The van der Waals surface area contributed by atoms with Crippen LogP contribution in [0.2, 0.25) is 0 Å². The lowest BCUT2D eigenvalue weighted by Crippen LogP contribution is -2.42. The molecule has 28 heavy (non-hydrogen) atoms. The van der Waals surface area contributed by atoms with E-state index in [9.17, 15) is 18.0 Å². The lowest BCUT2D eigenvalue weighted by Gasteiger charge is -2.26. The van der Waals surface area contributed by atoms with Crippen LogP contribution in [0.3, 0.4) is 0 Å². The third kappa shape index (κ3) is 2.92. The molecular weight excluding hydrogens is 386 g/mol. The Hall–Kier alpha value is -2.59. The molecule has 0 spiro atoms. The Morgan fingerprint density at radius 2 is 1.79 bits per heavy atom. The van der Waals surface area contributed by atoms with E-state index in [4.69, 9.17) is 9.47 Å². The minimum Gasteiger partial charge on any atom is -0.486 e. The van der Waals surface area contributed by atoms with Crippen LogP contribution in [0.4, 0.5) is 0 Å². The molecule has 1 aromatic carbocycles. The fraction of sp³-hybridized carbons (Fsp3) is 0.444. The number of aromatic nitrogens is 2. The first-order valence-corrected chi connectivity index (χ1v) is 10.4. The minimum absolute atomic E-state index is 0.299. The Morgan fingerprint density at radius 1 is 1.07 bits per heavy atom. The number of ether oxygens (including phenoxy) is 2. The highest BCUT2D eigenvalue weighted by Gasteiger charge is 2.38. The van der Waals surface area contributed by atoms with Gasteiger partial charge >= 0.3 is 5.69 Å². The number of fused-ring (bicyclic) bond motifs is 1. The van der Waals surface area contributed by atoms with E-state index in [1.54, 1.807) is 12.1 Å². The number of hydrogen-bond donors (Lipinski definition) is 0. The first kappa shape index (κ1) is 18.8. The molecule has 0 radical (unpaired) electrons. The van der Waals surface area contributed by atoms with Gasteiger partial charge in [0.2, 0.25) is 0 Å². The highest BCUT2D eigenvalue weighted by molar-refractivity contribution is 7.89. The zero-order valence-corrected chi connectivity index (χ0v) is 16.4. The van der Waals surface area contributed by atoms with Crippen molar-refractivity contribution >= 4 is 10.0 Å². The molecule has 0 N–H and O–H groups in total. The molecule has 1 atom stereocenters. The summed E-state index contributed by atoms with van der Waals surface area (Å²) in [6.07, 6.45) is 2.40. The number of rotatable bonds is 3. The van der Waals surface area contributed by atoms with Gasteiger partial charge < -0.3 is 14.0 Å². The number of sulfonamides is 1. The molecule has 4 rings (SSSR count). The standard InChI is InChI=1S/C18H21N3O6S/c1-19-11-16(17(22)20(2)18(19)23)28(24,25)21-7-3-4-13(21)12-5-6-14-15(10-12)27-9-8-26-14/h5-6,10-11,13H,3-4,7-9H2,1-2H3. The summed E-state index contributed by atoms with van der Waals surface area (Å²) in [7, 11) is -1.39. The van der Waals surface area contributed by atoms with Crippen molar-refractivity contribution in [1.29, 1.82) is 0 Å². The van der Waals surface area contributed by atoms with Crippen molar-refractivity contribution in [3.63, 3.8) is 0 Å². The molecule has 2 aromatic rings. The number of aryl methyl sites for hydroxylation is 1. The Bertz CT molecular complexity index is 1150. The van der Waals surface area contributed by atoms with Gasteiger partial charge in [-0.1, -0.05) is 6.07 Å². The van der Waals surface area contributed by atoms with Crippen LogP contribution in [-0.2, 0) is 24.1 Å². The van der Waals surface area contributed by atoms with Crippen molar-refractivity contribution in [1.82, 2.24) is 13.4 Å². The Labute approximate surface area is 161 Å². The average molecular weight is 407 g/mol. The van der Waals surface area contributed by atoms with Gasteiger partial charge in [-0.15, -0.1) is 0 Å². The van der Waals surface area contributed by atoms with Crippen LogP contribution >= 0.6 is 0 Å². The van der Waals surface area contributed by atoms with E-state index in [2.05, 4.69) is 0 Å². The molecule has 2 aliphatic heterocycles. The van der Waals surface area contributed by atoms with Gasteiger partial charge in [-0.3, -0.25) is 9.36 Å². The summed E-state index contributed by atoms with van der Waals surface area (Å²) in [6.45, 7) is 1.22. The van der Waals surface area contributed by atoms with Crippen molar-refractivity contribution in [2.45, 2.75) is 23.8 Å². The first-order valence-electron chi connectivity index (χ1n) is 8.99. The van der Waals surface area contributed by atoms with Crippen molar-refractivity contribution in [2.75, 3.05) is 19.8 Å². The molecule has 0 amide bonds. The van der Waals surface area contributed by atoms with Crippen LogP contribution in [0.1, 0.15) is 24.4 Å². The van der Waals surface area contributed by atoms with Crippen LogP contribution in [-0.4, -0.2) is 41.6 Å². The molecule has 1 saturated heterocycles. The maximum atomic E-state index is 13.3. The van der Waals surface area contributed by atoms with Crippen LogP contribution < -0.4 is 20.7 Å². The lowest BCUT2D eigenvalue weighted by atomic mass is 10.0. The van der Waals surface area contributed by atoms with Crippen molar-refractivity contribution in [3.05, 3.63) is 50.8 Å². The third-order valence-corrected chi connectivity index (χ3v) is 7.05. The van der Waals surface area contributed by atoms with Crippen LogP contribution in [0, 0.1) is 0 Å². The second-order valence-corrected chi connectivity index (χ2v) is 8.79. The summed E-state index contributed by atoms with van der Waals surface area (Å²) < 4.78 is 40.9. The van der Waals surface area contributed by atoms with Gasteiger partial charge in [-0.25, -0.2) is 13.2 Å². The second kappa shape index (κ2) is 6.78. The zero-order valence-electron chi connectivity index (χ0n) is 15.6. The van der Waals surface area contributed by atoms with Crippen molar-refractivity contribution in [2.24, 2.45) is 14.1 Å². The monoisotopic (exact) mass is 407 g/mol. The number of nitrogens with zero attached hydrogens (tertiary/aromatic N) is 3. The average Bonchev–Trinajstić information content (AvgIpc) is 3.19. The van der Waals surface area contributed by atoms with Crippen LogP contribution in [0.15, 0.2) is 38.9 Å². The Balaban J connectivity index is 1.76. The highest BCUT2D eigenvalue weighted by atomic mass is 32.2. The zero-order chi connectivity index (χ0) is 20.1. The van der Waals surface area contributed by atoms with Gasteiger partial charge in [-0.2, -0.15) is 4.31 Å². The van der Waals surface area contributed by atoms with Crippen LogP contribution in [0.25, 0.3) is 0 Å². The smallest absolute Gasteiger partial charge is 0.330 e. The van der Waals surface area contributed by atoms with E-state index in [1.807, 2.05) is 6.07 Å². The molecule has 10 heteroatoms. The van der Waals surface area contributed by atoms with Crippen LogP contribution in [0.5, 0.6) is 11.5 Å². The summed E-state index contributed by atoms with van der Waals surface area (Å²) in [4.78, 5) is 24.0. The number of benzene rings is 1. The summed E-state index contributed by atoms with van der Waals surface area (Å²) in [6, 6.07) is 4.98. The normalized spacial score (nSPS) is 19.7. The summed E-state index contributed by atoms with van der Waals surface area (Å²) in [5.74, 6) is 1.22. The van der Waals surface area contributed by atoms with E-state index < -0.39 is 32.2 Å². The molecule has 1 fully saturated rings. The molecule has 0 aliphatic carbocycles. The van der Waals surface area contributed by atoms with Gasteiger partial charge in [0.15, 0.2) is 16.4 Å². The highest BCUT2D eigenvalue weighted by Crippen LogP contribution is 2.40. The summed E-state index contributed by atoms with van der Waals surface area (Å²) >= 11 is 0. The first-order chi connectivity index (χ1) is 13.3. The molecule has 1 aromatic heterocycles. The molecule has 1 unspecified atom stereocenters. The lowest BCUT2D eigenvalue weighted by molar-refractivity contribution is 0.171. The van der Waals surface area contributed by atoms with Crippen molar-refractivity contribution in [3.8, 4) is 11.5 Å². The molecule has 150 valence electrons. The van der Waals surface area contributed by atoms with Gasteiger partial charge in [0.1, 0.15) is 13.2 Å². The van der Waals surface area contributed by atoms with Gasteiger partial charge in [-0.05, 0) is 30.5 Å². The predicted molar refractivity (Wildman–Crippen MR) is 100 cm³/mol. The van der Waals surface area contributed by atoms with Crippen molar-refractivity contribution < 1.29 is 17.9 Å². The second-order valence-electron chi connectivity index (χ2n) is 6.93. The third-order valence-electron chi connectivity index (χ3n) is 5.16. The largest absolute Gasteiger partial charge is 0.486 e. The molecule has 3 heterocycles. The van der Waals surface area contributed by atoms with Gasteiger partial charge in [0, 0.05) is 26.8 Å². The Morgan fingerprint density at radius 3 is 2.54 bits per heavy atom. The molecular formula is C18H21N3O6S. The van der Waals surface area contributed by atoms with E-state index >= 15 is 0 Å². The Kier molecular flexibility index (Phi) is 4.54. The predicted octanol–water partition coefficient (Wildman–Crippen LogP) is 0.381. The molecule has 9 nitrogen and oxygen atoms in total. The van der Waals surface area contributed by atoms with Gasteiger partial charge in [0.25, 0.3) is 15.6 Å². The maximum Gasteiger partial charge on any atom is 0.330 e. The maximum absolute atomic E-state index is 13.3. The van der Waals surface area contributed by atoms with Gasteiger partial charge in [0.05, 0.1) is 6.04 Å². The SMILES string of the molecule is Cn1cc(S(=O)(=O)N2CCCC2c2ccc3c(c2)OCCO3)c(=O)n(C)c1=O. The molecule has 2 aliphatic rings. The fourth-order valence-electron chi connectivity index (χ4n) is 3.71. The van der Waals surface area contributed by atoms with E-state index in [0.717, 1.165) is 20.9 Å². The van der Waals surface area contributed by atoms with E-state index in [1.165, 1.54) is 18.4 Å². The molecule has 0 saturated carbocycles. The minimum atomic E-state index is -4.08. The summed E-state index contributed by atoms with van der Waals surface area (Å²) in [5, 5.41) is 0. The van der Waals surface area contributed by atoms with E-state index in [-0.39, 0.29) is 0 Å².